The van der Waals surface area contributed by atoms with Gasteiger partial charge in [-0.1, -0.05) is 12.1 Å². The summed E-state index contributed by atoms with van der Waals surface area (Å²) < 4.78 is 9.82. The highest BCUT2D eigenvalue weighted by Gasteiger charge is 2.38. The lowest BCUT2D eigenvalue weighted by molar-refractivity contribution is -0.163. The lowest BCUT2D eigenvalue weighted by Crippen LogP contribution is -2.40. The highest BCUT2D eigenvalue weighted by molar-refractivity contribution is 5.91. The van der Waals surface area contributed by atoms with Gasteiger partial charge in [0.25, 0.3) is 0 Å². The smallest absolute Gasteiger partial charge is 0.340 e. The first-order valence-electron chi connectivity index (χ1n) is 6.36. The standard InChI is InChI=1S/C15H16O8/c1-22-11-7-9(3-4-10(11)13(18)19)5-6-15(23-2,14(20)21)8-12(16)17/h3-7H,8H2,1-2H3,(H,16,17)(H,18,19)(H,20,21)/b6-5+/t15-/m1/s1. The van der Waals surface area contributed by atoms with Gasteiger partial charge in [0.2, 0.25) is 0 Å². The lowest BCUT2D eigenvalue weighted by atomic mass is 9.97. The van der Waals surface area contributed by atoms with Crippen molar-refractivity contribution < 1.29 is 39.2 Å². The number of aromatic carboxylic acids is 1. The third kappa shape index (κ3) is 4.30. The van der Waals surface area contributed by atoms with Crippen LogP contribution in [-0.4, -0.2) is 53.0 Å². The molecule has 0 aliphatic heterocycles. The summed E-state index contributed by atoms with van der Waals surface area (Å²) in [5.41, 5.74) is -1.64. The molecule has 0 radical (unpaired) electrons. The average Bonchev–Trinajstić information content (AvgIpc) is 2.50. The van der Waals surface area contributed by atoms with Gasteiger partial charge in [-0.3, -0.25) is 4.79 Å². The molecule has 23 heavy (non-hydrogen) atoms. The van der Waals surface area contributed by atoms with Gasteiger partial charge in [0, 0.05) is 7.11 Å². The van der Waals surface area contributed by atoms with Crippen LogP contribution in [0.2, 0.25) is 0 Å². The molecule has 8 nitrogen and oxygen atoms in total. The van der Waals surface area contributed by atoms with Crippen molar-refractivity contribution in [2.45, 2.75) is 12.0 Å². The fraction of sp³-hybridized carbons (Fsp3) is 0.267. The molecule has 124 valence electrons. The summed E-state index contributed by atoms with van der Waals surface area (Å²) in [4.78, 5) is 33.2. The van der Waals surface area contributed by atoms with Crippen molar-refractivity contribution in [3.05, 3.63) is 35.4 Å². The van der Waals surface area contributed by atoms with Crippen molar-refractivity contribution in [3.8, 4) is 5.75 Å². The Morgan fingerprint density at radius 2 is 1.83 bits per heavy atom. The van der Waals surface area contributed by atoms with E-state index in [0.29, 0.717) is 5.56 Å². The molecule has 1 atom stereocenters. The molecule has 0 heterocycles. The van der Waals surface area contributed by atoms with Crippen molar-refractivity contribution in [2.24, 2.45) is 0 Å². The minimum absolute atomic E-state index is 0.0496. The Kier molecular flexibility index (Phi) is 5.86. The maximum atomic E-state index is 11.3. The van der Waals surface area contributed by atoms with Gasteiger partial charge in [-0.2, -0.15) is 0 Å². The molecule has 0 saturated carbocycles. The topological polar surface area (TPSA) is 130 Å². The monoisotopic (exact) mass is 324 g/mol. The van der Waals surface area contributed by atoms with Crippen molar-refractivity contribution in [1.82, 2.24) is 0 Å². The number of ether oxygens (including phenoxy) is 2. The first-order chi connectivity index (χ1) is 10.8. The number of carboxylic acid groups (broad SMARTS) is 3. The largest absolute Gasteiger partial charge is 0.496 e. The Labute approximate surface area is 131 Å². The molecule has 8 heteroatoms. The van der Waals surface area contributed by atoms with E-state index in [1.54, 1.807) is 0 Å². The van der Waals surface area contributed by atoms with E-state index in [4.69, 9.17) is 19.7 Å². The Balaban J connectivity index is 3.21. The molecule has 0 amide bonds. The zero-order valence-electron chi connectivity index (χ0n) is 12.5. The van der Waals surface area contributed by atoms with Gasteiger partial charge in [0.05, 0.1) is 13.5 Å². The maximum absolute atomic E-state index is 11.3. The van der Waals surface area contributed by atoms with Crippen LogP contribution < -0.4 is 4.74 Å². The molecule has 3 N–H and O–H groups in total. The summed E-state index contributed by atoms with van der Waals surface area (Å²) in [6.07, 6.45) is 1.66. The predicted octanol–water partition coefficient (Wildman–Crippen LogP) is 1.35. The summed E-state index contributed by atoms with van der Waals surface area (Å²) in [7, 11) is 2.39. The van der Waals surface area contributed by atoms with Crippen LogP contribution >= 0.6 is 0 Å². The molecule has 0 aliphatic carbocycles. The second-order valence-corrected chi connectivity index (χ2v) is 4.57. The summed E-state index contributed by atoms with van der Waals surface area (Å²) >= 11 is 0. The number of methoxy groups -OCH3 is 2. The van der Waals surface area contributed by atoms with Crippen LogP contribution in [0, 0.1) is 0 Å². The van der Waals surface area contributed by atoms with Crippen molar-refractivity contribution in [3.63, 3.8) is 0 Å². The van der Waals surface area contributed by atoms with Gasteiger partial charge in [0.1, 0.15) is 11.3 Å². The number of carboxylic acids is 3. The van der Waals surface area contributed by atoms with Crippen LogP contribution in [0.15, 0.2) is 24.3 Å². The van der Waals surface area contributed by atoms with E-state index < -0.39 is 29.9 Å². The van der Waals surface area contributed by atoms with Gasteiger partial charge in [-0.05, 0) is 23.8 Å². The van der Waals surface area contributed by atoms with E-state index in [9.17, 15) is 19.5 Å². The predicted molar refractivity (Wildman–Crippen MR) is 78.6 cm³/mol. The molecule has 0 aromatic heterocycles. The SMILES string of the molecule is COc1cc(/C=C/[C@](CC(=O)O)(OC)C(=O)O)ccc1C(=O)O. The Hall–Kier alpha value is -2.87. The lowest BCUT2D eigenvalue weighted by Gasteiger charge is -2.22. The first-order valence-corrected chi connectivity index (χ1v) is 6.36. The molecule has 0 unspecified atom stereocenters. The molecule has 0 aliphatic rings. The van der Waals surface area contributed by atoms with Crippen molar-refractivity contribution in [1.29, 1.82) is 0 Å². The Bertz CT molecular complexity index is 649. The minimum Gasteiger partial charge on any atom is -0.496 e. The summed E-state index contributed by atoms with van der Waals surface area (Å²) in [5, 5.41) is 27.1. The Morgan fingerprint density at radius 1 is 1.17 bits per heavy atom. The molecular formula is C15H16O8. The molecule has 0 saturated heterocycles. The third-order valence-corrected chi connectivity index (χ3v) is 3.14. The highest BCUT2D eigenvalue weighted by Crippen LogP contribution is 2.24. The molecular weight excluding hydrogens is 308 g/mol. The van der Waals surface area contributed by atoms with E-state index in [2.05, 4.69) is 0 Å². The first kappa shape index (κ1) is 18.2. The highest BCUT2D eigenvalue weighted by atomic mass is 16.5. The second-order valence-electron chi connectivity index (χ2n) is 4.57. The maximum Gasteiger partial charge on any atom is 0.340 e. The number of hydrogen-bond acceptors (Lipinski definition) is 5. The second kappa shape index (κ2) is 7.41. The van der Waals surface area contributed by atoms with Gasteiger partial charge in [0.15, 0.2) is 5.60 Å². The van der Waals surface area contributed by atoms with Crippen LogP contribution in [0.4, 0.5) is 0 Å². The van der Waals surface area contributed by atoms with Gasteiger partial charge in [-0.15, -0.1) is 0 Å². The van der Waals surface area contributed by atoms with Crippen LogP contribution in [-0.2, 0) is 14.3 Å². The quantitative estimate of drug-likeness (QED) is 0.653. The van der Waals surface area contributed by atoms with Crippen LogP contribution in [0.3, 0.4) is 0 Å². The van der Waals surface area contributed by atoms with Crippen LogP contribution in [0.1, 0.15) is 22.3 Å². The fourth-order valence-corrected chi connectivity index (χ4v) is 1.88. The van der Waals surface area contributed by atoms with Crippen molar-refractivity contribution >= 4 is 24.0 Å². The molecule has 1 aromatic rings. The number of carbonyl (C=O) groups is 3. The van der Waals surface area contributed by atoms with E-state index >= 15 is 0 Å². The van der Waals surface area contributed by atoms with E-state index in [1.165, 1.54) is 31.4 Å². The molecule has 1 aromatic carbocycles. The molecule has 0 spiro atoms. The average molecular weight is 324 g/mol. The number of aliphatic carboxylic acids is 2. The molecule has 0 bridgehead atoms. The van der Waals surface area contributed by atoms with Gasteiger partial charge in [-0.25, -0.2) is 9.59 Å². The Morgan fingerprint density at radius 3 is 2.26 bits per heavy atom. The zero-order chi connectivity index (χ0) is 17.6. The summed E-state index contributed by atoms with van der Waals surface area (Å²) in [6, 6.07) is 4.13. The zero-order valence-corrected chi connectivity index (χ0v) is 12.5. The fourth-order valence-electron chi connectivity index (χ4n) is 1.88. The summed E-state index contributed by atoms with van der Waals surface area (Å²) in [5.74, 6) is -3.86. The number of benzene rings is 1. The van der Waals surface area contributed by atoms with E-state index in [1.807, 2.05) is 0 Å². The molecule has 0 fully saturated rings. The third-order valence-electron chi connectivity index (χ3n) is 3.14. The number of hydrogen-bond donors (Lipinski definition) is 3. The van der Waals surface area contributed by atoms with E-state index in [0.717, 1.165) is 13.2 Å². The van der Waals surface area contributed by atoms with Gasteiger partial charge >= 0.3 is 17.9 Å². The molecule has 1 rings (SSSR count). The van der Waals surface area contributed by atoms with Crippen molar-refractivity contribution in [2.75, 3.05) is 14.2 Å². The minimum atomic E-state index is -2.02. The van der Waals surface area contributed by atoms with Crippen LogP contribution in [0.25, 0.3) is 6.08 Å². The van der Waals surface area contributed by atoms with E-state index in [-0.39, 0.29) is 11.3 Å². The number of rotatable bonds is 8. The normalized spacial score (nSPS) is 13.5. The van der Waals surface area contributed by atoms with Gasteiger partial charge < -0.3 is 24.8 Å². The summed E-state index contributed by atoms with van der Waals surface area (Å²) in [6.45, 7) is 0. The van der Waals surface area contributed by atoms with Crippen LogP contribution in [0.5, 0.6) is 5.75 Å².